The van der Waals surface area contributed by atoms with Gasteiger partial charge in [-0.25, -0.2) is 4.79 Å². The molecule has 0 saturated carbocycles. The predicted octanol–water partition coefficient (Wildman–Crippen LogP) is 3.41. The standard InChI is InChI=1S/C16H32N2O2S/c1-7-12(18-14(19)20-15(2,3)4)10-17-13-11-21-9-8-16(13,5)6/h12-13,17H,7-11H2,1-6H3,(H,18,19). The molecule has 2 unspecified atom stereocenters. The molecular weight excluding hydrogens is 284 g/mol. The van der Waals surface area contributed by atoms with Gasteiger partial charge in [0.05, 0.1) is 0 Å². The maximum Gasteiger partial charge on any atom is 0.407 e. The molecule has 1 aliphatic rings. The molecule has 124 valence electrons. The average Bonchev–Trinajstić information content (AvgIpc) is 2.33. The summed E-state index contributed by atoms with van der Waals surface area (Å²) < 4.78 is 5.32. The summed E-state index contributed by atoms with van der Waals surface area (Å²) in [5, 5.41) is 6.60. The van der Waals surface area contributed by atoms with Gasteiger partial charge in [0.15, 0.2) is 0 Å². The molecule has 0 aromatic rings. The molecule has 0 bridgehead atoms. The van der Waals surface area contributed by atoms with Crippen LogP contribution in [-0.2, 0) is 4.74 Å². The molecule has 1 amide bonds. The monoisotopic (exact) mass is 316 g/mol. The van der Waals surface area contributed by atoms with Crippen LogP contribution in [0.5, 0.6) is 0 Å². The van der Waals surface area contributed by atoms with Gasteiger partial charge in [-0.15, -0.1) is 0 Å². The second-order valence-corrected chi connectivity index (χ2v) is 8.68. The molecule has 0 aromatic carbocycles. The number of hydrogen-bond acceptors (Lipinski definition) is 4. The largest absolute Gasteiger partial charge is 0.444 e. The molecule has 2 atom stereocenters. The van der Waals surface area contributed by atoms with E-state index in [1.165, 1.54) is 12.2 Å². The number of amides is 1. The van der Waals surface area contributed by atoms with Crippen LogP contribution in [0, 0.1) is 5.41 Å². The summed E-state index contributed by atoms with van der Waals surface area (Å²) in [5.41, 5.74) is -0.118. The van der Waals surface area contributed by atoms with Crippen LogP contribution in [-0.4, -0.2) is 41.8 Å². The van der Waals surface area contributed by atoms with E-state index in [-0.39, 0.29) is 12.1 Å². The SMILES string of the molecule is CCC(CNC1CSCCC1(C)C)NC(=O)OC(C)(C)C. The van der Waals surface area contributed by atoms with Gasteiger partial charge < -0.3 is 15.4 Å². The van der Waals surface area contributed by atoms with Gasteiger partial charge in [0.1, 0.15) is 5.60 Å². The number of thioether (sulfide) groups is 1. The van der Waals surface area contributed by atoms with Gasteiger partial charge in [-0.1, -0.05) is 20.8 Å². The Morgan fingerprint density at radius 2 is 2.10 bits per heavy atom. The second-order valence-electron chi connectivity index (χ2n) is 7.53. The van der Waals surface area contributed by atoms with Gasteiger partial charge in [-0.3, -0.25) is 0 Å². The second kappa shape index (κ2) is 7.73. The number of rotatable bonds is 5. The Morgan fingerprint density at radius 1 is 1.43 bits per heavy atom. The van der Waals surface area contributed by atoms with E-state index in [9.17, 15) is 4.79 Å². The van der Waals surface area contributed by atoms with Crippen LogP contribution in [0.3, 0.4) is 0 Å². The fourth-order valence-electron chi connectivity index (χ4n) is 2.33. The normalized spacial score (nSPS) is 23.4. The number of nitrogens with one attached hydrogen (secondary N) is 2. The lowest BCUT2D eigenvalue weighted by atomic mass is 9.82. The van der Waals surface area contributed by atoms with E-state index in [2.05, 4.69) is 31.4 Å². The van der Waals surface area contributed by atoms with E-state index in [1.807, 2.05) is 32.5 Å². The van der Waals surface area contributed by atoms with Gasteiger partial charge in [0, 0.05) is 24.4 Å². The molecule has 0 radical (unpaired) electrons. The van der Waals surface area contributed by atoms with Crippen LogP contribution in [0.1, 0.15) is 54.4 Å². The van der Waals surface area contributed by atoms with Crippen LogP contribution < -0.4 is 10.6 Å². The summed E-state index contributed by atoms with van der Waals surface area (Å²) in [6.07, 6.45) is 1.81. The van der Waals surface area contributed by atoms with Crippen molar-refractivity contribution in [3.8, 4) is 0 Å². The van der Waals surface area contributed by atoms with E-state index >= 15 is 0 Å². The molecule has 1 fully saturated rings. The predicted molar refractivity (Wildman–Crippen MR) is 91.0 cm³/mol. The van der Waals surface area contributed by atoms with Gasteiger partial charge in [0.25, 0.3) is 0 Å². The molecule has 0 aliphatic carbocycles. The first-order valence-corrected chi connectivity index (χ1v) is 9.10. The van der Waals surface area contributed by atoms with Crippen LogP contribution in [0.2, 0.25) is 0 Å². The van der Waals surface area contributed by atoms with Crippen molar-refractivity contribution in [3.63, 3.8) is 0 Å². The van der Waals surface area contributed by atoms with Crippen LogP contribution in [0.25, 0.3) is 0 Å². The first-order valence-electron chi connectivity index (χ1n) is 7.94. The molecule has 0 spiro atoms. The third kappa shape index (κ3) is 6.92. The van der Waals surface area contributed by atoms with Crippen molar-refractivity contribution >= 4 is 17.9 Å². The lowest BCUT2D eigenvalue weighted by Gasteiger charge is -2.39. The smallest absolute Gasteiger partial charge is 0.407 e. The van der Waals surface area contributed by atoms with Crippen molar-refractivity contribution in [2.75, 3.05) is 18.1 Å². The number of carbonyl (C=O) groups excluding carboxylic acids is 1. The summed E-state index contributed by atoms with van der Waals surface area (Å²) in [6, 6.07) is 0.619. The van der Waals surface area contributed by atoms with E-state index < -0.39 is 5.60 Å². The summed E-state index contributed by atoms with van der Waals surface area (Å²) in [6.45, 7) is 13.2. The molecular formula is C16H32N2O2S. The Bertz CT molecular complexity index is 340. The lowest BCUT2D eigenvalue weighted by Crippen LogP contribution is -2.52. The minimum Gasteiger partial charge on any atom is -0.444 e. The molecule has 1 aliphatic heterocycles. The Morgan fingerprint density at radius 3 is 2.62 bits per heavy atom. The number of alkyl carbamates (subject to hydrolysis) is 1. The highest BCUT2D eigenvalue weighted by atomic mass is 32.2. The maximum absolute atomic E-state index is 11.8. The fourth-order valence-corrected chi connectivity index (χ4v) is 3.97. The third-order valence-corrected chi connectivity index (χ3v) is 5.00. The van der Waals surface area contributed by atoms with Crippen molar-refractivity contribution in [1.29, 1.82) is 0 Å². The molecule has 21 heavy (non-hydrogen) atoms. The zero-order chi connectivity index (χ0) is 16.1. The van der Waals surface area contributed by atoms with Gasteiger partial charge >= 0.3 is 6.09 Å². The Labute approximate surface area is 134 Å². The van der Waals surface area contributed by atoms with Crippen molar-refractivity contribution in [3.05, 3.63) is 0 Å². The van der Waals surface area contributed by atoms with E-state index in [4.69, 9.17) is 4.74 Å². The molecule has 1 saturated heterocycles. The molecule has 1 rings (SSSR count). The quantitative estimate of drug-likeness (QED) is 0.816. The summed E-state index contributed by atoms with van der Waals surface area (Å²) in [7, 11) is 0. The zero-order valence-corrected chi connectivity index (χ0v) is 15.2. The number of hydrogen-bond donors (Lipinski definition) is 2. The minimum absolute atomic E-state index is 0.113. The van der Waals surface area contributed by atoms with Crippen LogP contribution in [0.15, 0.2) is 0 Å². The van der Waals surface area contributed by atoms with Gasteiger partial charge in [-0.2, -0.15) is 11.8 Å². The Hall–Kier alpha value is -0.420. The average molecular weight is 317 g/mol. The summed E-state index contributed by atoms with van der Waals surface area (Å²) >= 11 is 2.01. The molecule has 0 aromatic heterocycles. The fraction of sp³-hybridized carbons (Fsp3) is 0.938. The van der Waals surface area contributed by atoms with Gasteiger partial charge in [-0.05, 0) is 44.8 Å². The minimum atomic E-state index is -0.447. The first kappa shape index (κ1) is 18.6. The van der Waals surface area contributed by atoms with E-state index in [0.29, 0.717) is 11.5 Å². The Kier molecular flexibility index (Phi) is 6.85. The molecule has 1 heterocycles. The first-order chi connectivity index (χ1) is 9.64. The van der Waals surface area contributed by atoms with E-state index in [0.717, 1.165) is 18.7 Å². The van der Waals surface area contributed by atoms with Crippen LogP contribution >= 0.6 is 11.8 Å². The van der Waals surface area contributed by atoms with Crippen LogP contribution in [0.4, 0.5) is 4.79 Å². The topological polar surface area (TPSA) is 50.4 Å². The highest BCUT2D eigenvalue weighted by molar-refractivity contribution is 7.99. The molecule has 4 nitrogen and oxygen atoms in total. The lowest BCUT2D eigenvalue weighted by molar-refractivity contribution is 0.0500. The van der Waals surface area contributed by atoms with Crippen molar-refractivity contribution in [2.45, 2.75) is 72.1 Å². The maximum atomic E-state index is 11.8. The van der Waals surface area contributed by atoms with E-state index in [1.54, 1.807) is 0 Å². The van der Waals surface area contributed by atoms with Crippen molar-refractivity contribution < 1.29 is 9.53 Å². The molecule has 5 heteroatoms. The summed E-state index contributed by atoms with van der Waals surface area (Å²) in [4.78, 5) is 11.8. The Balaban J connectivity index is 2.42. The number of ether oxygens (including phenoxy) is 1. The summed E-state index contributed by atoms with van der Waals surface area (Å²) in [5.74, 6) is 2.40. The number of carbonyl (C=O) groups is 1. The zero-order valence-electron chi connectivity index (χ0n) is 14.4. The van der Waals surface area contributed by atoms with Gasteiger partial charge in [0.2, 0.25) is 0 Å². The third-order valence-electron chi connectivity index (χ3n) is 3.94. The highest BCUT2D eigenvalue weighted by Crippen LogP contribution is 2.34. The molecule has 2 N–H and O–H groups in total. The highest BCUT2D eigenvalue weighted by Gasteiger charge is 2.32. The van der Waals surface area contributed by atoms with Crippen molar-refractivity contribution in [2.24, 2.45) is 5.41 Å². The van der Waals surface area contributed by atoms with Crippen molar-refractivity contribution in [1.82, 2.24) is 10.6 Å².